The molecule has 13 heteroatoms. The molecule has 1 fully saturated rings. The quantitative estimate of drug-likeness (QED) is 0.645. The van der Waals surface area contributed by atoms with Crippen LogP contribution in [0.25, 0.3) is 0 Å². The van der Waals surface area contributed by atoms with Crippen LogP contribution in [0.5, 0.6) is 5.75 Å². The van der Waals surface area contributed by atoms with Gasteiger partial charge in [-0.25, -0.2) is 25.6 Å². The summed E-state index contributed by atoms with van der Waals surface area (Å²) in [4.78, 5) is 9.99. The van der Waals surface area contributed by atoms with Crippen LogP contribution in [0.2, 0.25) is 0 Å². The molecule has 0 radical (unpaired) electrons. The number of halogens is 2. The predicted molar refractivity (Wildman–Crippen MR) is 116 cm³/mol. The molecule has 1 aliphatic rings. The fourth-order valence-electron chi connectivity index (χ4n) is 3.44. The second-order valence-corrected chi connectivity index (χ2v) is 11.1. The molecule has 9 nitrogen and oxygen atoms in total. The maximum absolute atomic E-state index is 14.4. The topological polar surface area (TPSA) is 113 Å². The Kier molecular flexibility index (Phi) is 7.36. The molecular formula is C20H23F2N3O6S2. The van der Waals surface area contributed by atoms with Crippen molar-refractivity contribution in [2.75, 3.05) is 38.6 Å². The highest BCUT2D eigenvalue weighted by atomic mass is 32.2. The first-order chi connectivity index (χ1) is 15.5. The summed E-state index contributed by atoms with van der Waals surface area (Å²) in [5, 5.41) is 2.54. The van der Waals surface area contributed by atoms with Gasteiger partial charge in [-0.2, -0.15) is 8.61 Å². The van der Waals surface area contributed by atoms with Gasteiger partial charge in [0.15, 0.2) is 4.90 Å². The number of hydrogen-bond donors (Lipinski definition) is 1. The van der Waals surface area contributed by atoms with E-state index in [0.717, 1.165) is 20.7 Å². The van der Waals surface area contributed by atoms with Crippen molar-refractivity contribution in [2.45, 2.75) is 23.1 Å². The van der Waals surface area contributed by atoms with Crippen LogP contribution in [0.3, 0.4) is 0 Å². The van der Waals surface area contributed by atoms with E-state index >= 15 is 0 Å². The van der Waals surface area contributed by atoms with E-state index < -0.39 is 36.6 Å². The summed E-state index contributed by atoms with van der Waals surface area (Å²) in [6, 6.07) is 7.10. The Bertz CT molecular complexity index is 1230. The minimum atomic E-state index is -4.56. The first-order valence-corrected chi connectivity index (χ1v) is 12.8. The summed E-state index contributed by atoms with van der Waals surface area (Å²) in [5.41, 5.74) is 0.429. The molecule has 1 aliphatic heterocycles. The smallest absolute Gasteiger partial charge is 0.248 e. The van der Waals surface area contributed by atoms with Gasteiger partial charge in [-0.05, 0) is 30.7 Å². The zero-order valence-corrected chi connectivity index (χ0v) is 19.5. The van der Waals surface area contributed by atoms with Gasteiger partial charge >= 0.3 is 0 Å². The van der Waals surface area contributed by atoms with E-state index in [1.165, 1.54) is 38.3 Å². The molecule has 0 spiro atoms. The molecule has 3 rings (SSSR count). The first-order valence-electron chi connectivity index (χ1n) is 9.88. The van der Waals surface area contributed by atoms with Gasteiger partial charge in [0.25, 0.3) is 0 Å². The lowest BCUT2D eigenvalue weighted by atomic mass is 10.3. The minimum Gasteiger partial charge on any atom is -0.497 e. The molecule has 0 unspecified atom stereocenters. The Labute approximate surface area is 191 Å². The molecule has 2 aromatic carbocycles. The highest BCUT2D eigenvalue weighted by Gasteiger charge is 2.35. The van der Waals surface area contributed by atoms with Gasteiger partial charge in [0, 0.05) is 50.9 Å². The van der Waals surface area contributed by atoms with Crippen molar-refractivity contribution in [3.63, 3.8) is 0 Å². The van der Waals surface area contributed by atoms with Crippen molar-refractivity contribution in [3.8, 4) is 5.75 Å². The van der Waals surface area contributed by atoms with Gasteiger partial charge in [-0.1, -0.05) is 0 Å². The van der Waals surface area contributed by atoms with Crippen molar-refractivity contribution >= 4 is 31.6 Å². The third kappa shape index (κ3) is 5.32. The summed E-state index contributed by atoms with van der Waals surface area (Å²) < 4.78 is 87.4. The maximum Gasteiger partial charge on any atom is 0.248 e. The molecule has 0 atom stereocenters. The van der Waals surface area contributed by atoms with Crippen molar-refractivity contribution in [1.29, 1.82) is 0 Å². The van der Waals surface area contributed by atoms with Crippen LogP contribution in [-0.4, -0.2) is 64.6 Å². The van der Waals surface area contributed by atoms with Crippen molar-refractivity contribution in [3.05, 3.63) is 48.0 Å². The summed E-state index contributed by atoms with van der Waals surface area (Å²) in [6.07, 6.45) is 0.127. The summed E-state index contributed by atoms with van der Waals surface area (Å²) in [6.45, 7) is 0.756. The van der Waals surface area contributed by atoms with Crippen LogP contribution in [0.4, 0.5) is 14.5 Å². The minimum absolute atomic E-state index is 0.0232. The highest BCUT2D eigenvalue weighted by Crippen LogP contribution is 2.28. The Morgan fingerprint density at radius 3 is 1.91 bits per heavy atom. The van der Waals surface area contributed by atoms with Crippen LogP contribution in [0.15, 0.2) is 46.2 Å². The average Bonchev–Trinajstić information content (AvgIpc) is 3.00. The maximum atomic E-state index is 14.4. The van der Waals surface area contributed by atoms with Gasteiger partial charge in [0.1, 0.15) is 17.4 Å². The Hall–Kier alpha value is -2.61. The monoisotopic (exact) mass is 503 g/mol. The number of hydrogen-bond acceptors (Lipinski definition) is 6. The molecule has 2 aromatic rings. The highest BCUT2D eigenvalue weighted by molar-refractivity contribution is 7.89. The van der Waals surface area contributed by atoms with Crippen LogP contribution < -0.4 is 10.1 Å². The number of anilines is 1. The zero-order chi connectivity index (χ0) is 24.4. The lowest BCUT2D eigenvalue weighted by Crippen LogP contribution is -2.37. The zero-order valence-electron chi connectivity index (χ0n) is 17.9. The molecule has 1 saturated heterocycles. The summed E-state index contributed by atoms with van der Waals surface area (Å²) >= 11 is 0. The van der Waals surface area contributed by atoms with Crippen molar-refractivity contribution < 1.29 is 35.1 Å². The summed E-state index contributed by atoms with van der Waals surface area (Å²) in [7, 11) is -7.32. The number of nitrogens with zero attached hydrogens (tertiary/aromatic N) is 2. The van der Waals surface area contributed by atoms with E-state index in [-0.39, 0.29) is 49.2 Å². The van der Waals surface area contributed by atoms with E-state index in [1.54, 1.807) is 0 Å². The molecule has 0 saturated carbocycles. The Balaban J connectivity index is 1.81. The van der Waals surface area contributed by atoms with Gasteiger partial charge in [-0.3, -0.25) is 4.79 Å². The fourth-order valence-corrected chi connectivity index (χ4v) is 6.47. The van der Waals surface area contributed by atoms with Gasteiger partial charge < -0.3 is 10.1 Å². The number of rotatable bonds is 6. The second kappa shape index (κ2) is 9.71. The van der Waals surface area contributed by atoms with Crippen LogP contribution in [0.1, 0.15) is 13.3 Å². The lowest BCUT2D eigenvalue weighted by Gasteiger charge is -2.22. The first kappa shape index (κ1) is 25.0. The number of nitrogens with one attached hydrogen (secondary N) is 1. The van der Waals surface area contributed by atoms with Crippen LogP contribution in [0, 0.1) is 11.6 Å². The fraction of sp³-hybridized carbons (Fsp3) is 0.350. The number of benzene rings is 2. The molecule has 1 N–H and O–H groups in total. The Morgan fingerprint density at radius 1 is 0.909 bits per heavy atom. The normalized spacial score (nSPS) is 16.2. The van der Waals surface area contributed by atoms with E-state index in [1.807, 2.05) is 0 Å². The molecule has 0 aromatic heterocycles. The third-order valence-electron chi connectivity index (χ3n) is 5.03. The number of ether oxygens (including phenoxy) is 1. The number of methoxy groups -OCH3 is 1. The molecule has 33 heavy (non-hydrogen) atoms. The molecule has 180 valence electrons. The van der Waals surface area contributed by atoms with Crippen molar-refractivity contribution in [2.24, 2.45) is 0 Å². The molecule has 1 heterocycles. The number of carbonyl (C=O) groups excluding carboxylic acids is 1. The van der Waals surface area contributed by atoms with Gasteiger partial charge in [-0.15, -0.1) is 0 Å². The molecule has 0 bridgehead atoms. The predicted octanol–water partition coefficient (Wildman–Crippen LogP) is 2.02. The molecule has 0 aliphatic carbocycles. The van der Waals surface area contributed by atoms with E-state index in [2.05, 4.69) is 5.32 Å². The largest absolute Gasteiger partial charge is 0.497 e. The number of amides is 1. The number of carbonyl (C=O) groups is 1. The van der Waals surface area contributed by atoms with Gasteiger partial charge in [0.05, 0.1) is 12.0 Å². The van der Waals surface area contributed by atoms with Crippen molar-refractivity contribution in [1.82, 2.24) is 8.61 Å². The van der Waals surface area contributed by atoms with Crippen LogP contribution in [-0.2, 0) is 24.8 Å². The standard InChI is InChI=1S/C20H23F2N3O6S2/c1-14(26)23-15-4-6-17(7-5-15)32(27,28)24-8-3-9-25(11-10-24)33(29,30)20-18(21)12-16(31-2)13-19(20)22/h4-7,12-13H,3,8-11H2,1-2H3,(H,23,26). The van der Waals surface area contributed by atoms with Gasteiger partial charge in [0.2, 0.25) is 26.0 Å². The molecular weight excluding hydrogens is 480 g/mol. The van der Waals surface area contributed by atoms with E-state index in [0.29, 0.717) is 5.69 Å². The number of sulfonamides is 2. The van der Waals surface area contributed by atoms with E-state index in [4.69, 9.17) is 4.74 Å². The third-order valence-corrected chi connectivity index (χ3v) is 8.90. The van der Waals surface area contributed by atoms with Crippen LogP contribution >= 0.6 is 0 Å². The Morgan fingerprint density at radius 2 is 1.42 bits per heavy atom. The summed E-state index contributed by atoms with van der Waals surface area (Å²) in [5.74, 6) is -3.05. The second-order valence-electron chi connectivity index (χ2n) is 7.29. The average molecular weight is 504 g/mol. The molecule has 1 amide bonds. The lowest BCUT2D eigenvalue weighted by molar-refractivity contribution is -0.114. The van der Waals surface area contributed by atoms with E-state index in [9.17, 15) is 30.4 Å². The SMILES string of the molecule is COc1cc(F)c(S(=O)(=O)N2CCCN(S(=O)(=O)c3ccc(NC(C)=O)cc3)CC2)c(F)c1.